The van der Waals surface area contributed by atoms with Gasteiger partial charge in [-0.1, -0.05) is 5.16 Å². The normalized spacial score (nSPS) is 19.4. The van der Waals surface area contributed by atoms with Gasteiger partial charge >= 0.3 is 0 Å². The van der Waals surface area contributed by atoms with Gasteiger partial charge in [0.2, 0.25) is 5.89 Å². The number of aromatic nitrogens is 3. The quantitative estimate of drug-likeness (QED) is 0.882. The summed E-state index contributed by atoms with van der Waals surface area (Å²) < 4.78 is 5.16. The summed E-state index contributed by atoms with van der Waals surface area (Å²) in [5.74, 6) is 0.209. The van der Waals surface area contributed by atoms with Crippen LogP contribution in [0.3, 0.4) is 0 Å². The van der Waals surface area contributed by atoms with Crippen molar-refractivity contribution in [1.29, 1.82) is 0 Å². The lowest BCUT2D eigenvalue weighted by Gasteiger charge is -2.12. The standard InChI is InChI=1S/C14H17N5O2/c1-9(10-4-7-15-8-5-10)17-13(20)12-18-14(21-19-12)11-3-2-6-16-11/h4-5,7-9,11,16H,2-3,6H2,1H3,(H,17,20)/t9-,11?/m0/s1. The van der Waals surface area contributed by atoms with E-state index in [1.807, 2.05) is 19.1 Å². The first kappa shape index (κ1) is 13.7. The van der Waals surface area contributed by atoms with Gasteiger partial charge in [-0.3, -0.25) is 9.78 Å². The third kappa shape index (κ3) is 3.08. The highest BCUT2D eigenvalue weighted by molar-refractivity contribution is 5.90. The van der Waals surface area contributed by atoms with Crippen molar-refractivity contribution < 1.29 is 9.32 Å². The van der Waals surface area contributed by atoms with Crippen LogP contribution in [0.15, 0.2) is 29.0 Å². The Hall–Kier alpha value is -2.28. The van der Waals surface area contributed by atoms with Crippen LogP contribution in [0.5, 0.6) is 0 Å². The molecular formula is C14H17N5O2. The summed E-state index contributed by atoms with van der Waals surface area (Å²) in [4.78, 5) is 20.3. The first-order valence-electron chi connectivity index (χ1n) is 7.02. The van der Waals surface area contributed by atoms with Crippen LogP contribution >= 0.6 is 0 Å². The Morgan fingerprint density at radius 1 is 1.48 bits per heavy atom. The van der Waals surface area contributed by atoms with Crippen LogP contribution in [0.25, 0.3) is 0 Å². The van der Waals surface area contributed by atoms with E-state index in [1.165, 1.54) is 0 Å². The van der Waals surface area contributed by atoms with E-state index in [9.17, 15) is 4.79 Å². The average molecular weight is 287 g/mol. The zero-order chi connectivity index (χ0) is 14.7. The van der Waals surface area contributed by atoms with Crippen LogP contribution in [0.2, 0.25) is 0 Å². The van der Waals surface area contributed by atoms with Crippen molar-refractivity contribution in [1.82, 2.24) is 25.8 Å². The first-order chi connectivity index (χ1) is 10.2. The molecule has 0 radical (unpaired) electrons. The van der Waals surface area contributed by atoms with Crippen molar-refractivity contribution in [2.45, 2.75) is 31.8 Å². The molecule has 2 N–H and O–H groups in total. The van der Waals surface area contributed by atoms with Crippen molar-refractivity contribution in [2.75, 3.05) is 6.54 Å². The van der Waals surface area contributed by atoms with E-state index in [2.05, 4.69) is 25.8 Å². The van der Waals surface area contributed by atoms with Crippen LogP contribution in [0, 0.1) is 0 Å². The SMILES string of the molecule is C[C@H](NC(=O)c1noc(C2CCCN2)n1)c1ccncc1. The van der Waals surface area contributed by atoms with Crippen molar-refractivity contribution in [3.8, 4) is 0 Å². The molecule has 2 aromatic rings. The molecule has 1 saturated heterocycles. The Labute approximate surface area is 122 Å². The maximum Gasteiger partial charge on any atom is 0.293 e. The van der Waals surface area contributed by atoms with Crippen molar-refractivity contribution in [3.05, 3.63) is 41.8 Å². The molecule has 7 heteroatoms. The summed E-state index contributed by atoms with van der Waals surface area (Å²) in [6.07, 6.45) is 5.41. The minimum atomic E-state index is -0.340. The van der Waals surface area contributed by atoms with E-state index >= 15 is 0 Å². The maximum absolute atomic E-state index is 12.1. The van der Waals surface area contributed by atoms with Gasteiger partial charge in [0.15, 0.2) is 0 Å². The number of nitrogens with zero attached hydrogens (tertiary/aromatic N) is 3. The van der Waals surface area contributed by atoms with Gasteiger partial charge in [0.1, 0.15) is 0 Å². The van der Waals surface area contributed by atoms with Gasteiger partial charge in [0, 0.05) is 12.4 Å². The summed E-state index contributed by atoms with van der Waals surface area (Å²) in [6.45, 7) is 2.83. The molecule has 21 heavy (non-hydrogen) atoms. The maximum atomic E-state index is 12.1. The molecule has 1 aliphatic heterocycles. The highest BCUT2D eigenvalue weighted by Crippen LogP contribution is 2.21. The molecule has 1 unspecified atom stereocenters. The van der Waals surface area contributed by atoms with Gasteiger partial charge < -0.3 is 15.2 Å². The van der Waals surface area contributed by atoms with Gasteiger partial charge in [-0.15, -0.1) is 0 Å². The Bertz CT molecular complexity index is 607. The summed E-state index contributed by atoms with van der Waals surface area (Å²) >= 11 is 0. The van der Waals surface area contributed by atoms with Crippen molar-refractivity contribution >= 4 is 5.91 Å². The first-order valence-corrected chi connectivity index (χ1v) is 7.02. The Morgan fingerprint density at radius 2 is 2.29 bits per heavy atom. The van der Waals surface area contributed by atoms with Crippen LogP contribution < -0.4 is 10.6 Å². The fourth-order valence-corrected chi connectivity index (χ4v) is 2.36. The second-order valence-electron chi connectivity index (χ2n) is 5.08. The number of carbonyl (C=O) groups is 1. The molecule has 7 nitrogen and oxygen atoms in total. The highest BCUT2D eigenvalue weighted by Gasteiger charge is 2.24. The number of hydrogen-bond donors (Lipinski definition) is 2. The van der Waals surface area contributed by atoms with E-state index in [1.54, 1.807) is 12.4 Å². The third-order valence-electron chi connectivity index (χ3n) is 3.56. The summed E-state index contributed by atoms with van der Waals surface area (Å²) in [5.41, 5.74) is 0.972. The molecule has 2 aromatic heterocycles. The summed E-state index contributed by atoms with van der Waals surface area (Å²) in [6, 6.07) is 3.63. The lowest BCUT2D eigenvalue weighted by Crippen LogP contribution is -2.27. The summed E-state index contributed by atoms with van der Waals surface area (Å²) in [5, 5.41) is 9.86. The van der Waals surface area contributed by atoms with Crippen LogP contribution in [0.4, 0.5) is 0 Å². The fourth-order valence-electron chi connectivity index (χ4n) is 2.36. The average Bonchev–Trinajstić information content (AvgIpc) is 3.19. The Morgan fingerprint density at radius 3 is 3.00 bits per heavy atom. The number of rotatable bonds is 4. The molecular weight excluding hydrogens is 270 g/mol. The molecule has 1 amide bonds. The number of carbonyl (C=O) groups excluding carboxylic acids is 1. The molecule has 3 rings (SSSR count). The topological polar surface area (TPSA) is 92.9 Å². The number of nitrogens with one attached hydrogen (secondary N) is 2. The second-order valence-corrected chi connectivity index (χ2v) is 5.08. The summed E-state index contributed by atoms with van der Waals surface area (Å²) in [7, 11) is 0. The Balaban J connectivity index is 1.65. The van der Waals surface area contributed by atoms with Crippen LogP contribution in [-0.4, -0.2) is 27.6 Å². The molecule has 1 fully saturated rings. The van der Waals surface area contributed by atoms with Gasteiger partial charge in [0.25, 0.3) is 11.7 Å². The molecule has 3 heterocycles. The number of hydrogen-bond acceptors (Lipinski definition) is 6. The molecule has 110 valence electrons. The zero-order valence-electron chi connectivity index (χ0n) is 11.7. The van der Waals surface area contributed by atoms with Gasteiger partial charge in [-0.2, -0.15) is 4.98 Å². The molecule has 0 spiro atoms. The van der Waals surface area contributed by atoms with E-state index in [0.717, 1.165) is 24.9 Å². The number of amides is 1. The number of pyridine rings is 1. The largest absolute Gasteiger partial charge is 0.343 e. The van der Waals surface area contributed by atoms with Gasteiger partial charge in [-0.05, 0) is 44.0 Å². The molecule has 2 atom stereocenters. The predicted molar refractivity (Wildman–Crippen MR) is 74.4 cm³/mol. The van der Waals surface area contributed by atoms with Crippen LogP contribution in [0.1, 0.15) is 53.9 Å². The van der Waals surface area contributed by atoms with E-state index in [0.29, 0.717) is 5.89 Å². The molecule has 1 aliphatic rings. The third-order valence-corrected chi connectivity index (χ3v) is 3.56. The molecule has 0 aliphatic carbocycles. The Kier molecular flexibility index (Phi) is 3.92. The monoisotopic (exact) mass is 287 g/mol. The van der Waals surface area contributed by atoms with Crippen molar-refractivity contribution in [3.63, 3.8) is 0 Å². The lowest BCUT2D eigenvalue weighted by atomic mass is 10.1. The fraction of sp³-hybridized carbons (Fsp3) is 0.429. The molecule has 0 bridgehead atoms. The van der Waals surface area contributed by atoms with Crippen molar-refractivity contribution in [2.24, 2.45) is 0 Å². The smallest absolute Gasteiger partial charge is 0.293 e. The second kappa shape index (κ2) is 6.01. The predicted octanol–water partition coefficient (Wildman–Crippen LogP) is 1.38. The van der Waals surface area contributed by atoms with Crippen LogP contribution in [-0.2, 0) is 0 Å². The minimum absolute atomic E-state index is 0.0664. The lowest BCUT2D eigenvalue weighted by molar-refractivity contribution is 0.0926. The van der Waals surface area contributed by atoms with Gasteiger partial charge in [0.05, 0.1) is 12.1 Å². The van der Waals surface area contributed by atoms with E-state index in [4.69, 9.17) is 4.52 Å². The minimum Gasteiger partial charge on any atom is -0.343 e. The van der Waals surface area contributed by atoms with E-state index in [-0.39, 0.29) is 23.8 Å². The van der Waals surface area contributed by atoms with Gasteiger partial charge in [-0.25, -0.2) is 0 Å². The molecule has 0 aromatic carbocycles. The van der Waals surface area contributed by atoms with E-state index < -0.39 is 0 Å². The highest BCUT2D eigenvalue weighted by atomic mass is 16.5. The molecule has 0 saturated carbocycles. The zero-order valence-corrected chi connectivity index (χ0v) is 11.7.